The van der Waals surface area contributed by atoms with Gasteiger partial charge >= 0.3 is 0 Å². The molecule has 1 aromatic heterocycles. The molecule has 0 radical (unpaired) electrons. The van der Waals surface area contributed by atoms with E-state index in [0.717, 1.165) is 16.8 Å². The quantitative estimate of drug-likeness (QED) is 0.428. The SMILES string of the molecule is O=S1(=O)Nc2nc3ccccc3nc2Nc2ccccc2Cc2cc1ccc2Cl. The largest absolute Gasteiger partial charge is 0.337 e. The Hall–Kier alpha value is -3.16. The third-order valence-electron chi connectivity index (χ3n) is 4.78. The standard InChI is InChI=1S/C21H15ClN4O2S/c22-16-10-9-15-12-14(16)11-13-5-1-2-6-17(13)23-20-21(26-29(15,27)28)25-19-8-4-3-7-18(19)24-20/h1-10,12H,11H2,(H,23,24)(H,25,26). The lowest BCUT2D eigenvalue weighted by molar-refractivity contribution is 0.601. The summed E-state index contributed by atoms with van der Waals surface area (Å²) in [6.07, 6.45) is 0.474. The molecule has 3 aromatic carbocycles. The molecule has 1 aliphatic heterocycles. The predicted octanol–water partition coefficient (Wildman–Crippen LogP) is 4.73. The molecule has 8 heteroatoms. The summed E-state index contributed by atoms with van der Waals surface area (Å²) >= 11 is 6.35. The van der Waals surface area contributed by atoms with Gasteiger partial charge in [-0.25, -0.2) is 18.4 Å². The van der Waals surface area contributed by atoms with Crippen LogP contribution in [-0.2, 0) is 16.4 Å². The van der Waals surface area contributed by atoms with Gasteiger partial charge in [0.25, 0.3) is 10.0 Å². The number of anilines is 3. The van der Waals surface area contributed by atoms with Crippen molar-refractivity contribution in [2.45, 2.75) is 11.3 Å². The topological polar surface area (TPSA) is 84.0 Å². The lowest BCUT2D eigenvalue weighted by Crippen LogP contribution is -2.16. The molecular formula is C21H15ClN4O2S. The smallest absolute Gasteiger partial charge is 0.263 e. The number of nitrogens with one attached hydrogen (secondary N) is 2. The minimum Gasteiger partial charge on any atom is -0.337 e. The van der Waals surface area contributed by atoms with Gasteiger partial charge < -0.3 is 5.32 Å². The molecule has 2 heterocycles. The molecule has 2 N–H and O–H groups in total. The molecule has 2 bridgehead atoms. The van der Waals surface area contributed by atoms with Crippen molar-refractivity contribution in [1.82, 2.24) is 9.97 Å². The van der Waals surface area contributed by atoms with Crippen molar-refractivity contribution >= 4 is 50.0 Å². The van der Waals surface area contributed by atoms with Crippen molar-refractivity contribution in [2.75, 3.05) is 10.0 Å². The summed E-state index contributed by atoms with van der Waals surface area (Å²) in [5.74, 6) is 0.470. The fourth-order valence-corrected chi connectivity index (χ4v) is 4.57. The molecule has 5 rings (SSSR count). The number of nitrogens with zero attached hydrogens (tertiary/aromatic N) is 2. The van der Waals surface area contributed by atoms with Crippen LogP contribution in [0.4, 0.5) is 17.3 Å². The Labute approximate surface area is 172 Å². The lowest BCUT2D eigenvalue weighted by atomic mass is 10.0. The van der Waals surface area contributed by atoms with Gasteiger partial charge in [0.2, 0.25) is 0 Å². The number of hydrogen-bond donors (Lipinski definition) is 2. The molecule has 1 aliphatic rings. The van der Waals surface area contributed by atoms with Gasteiger partial charge in [0, 0.05) is 17.1 Å². The third kappa shape index (κ3) is 3.28. The zero-order valence-corrected chi connectivity index (χ0v) is 16.6. The second kappa shape index (κ2) is 6.72. The van der Waals surface area contributed by atoms with Gasteiger partial charge in [-0.2, -0.15) is 0 Å². The van der Waals surface area contributed by atoms with E-state index in [4.69, 9.17) is 11.6 Å². The summed E-state index contributed by atoms with van der Waals surface area (Å²) in [4.78, 5) is 9.24. The van der Waals surface area contributed by atoms with Gasteiger partial charge in [-0.3, -0.25) is 4.72 Å². The van der Waals surface area contributed by atoms with Crippen LogP contribution >= 0.6 is 11.6 Å². The number of rotatable bonds is 0. The van der Waals surface area contributed by atoms with E-state index in [1.165, 1.54) is 6.07 Å². The Kier molecular flexibility index (Phi) is 4.15. The number of hydrogen-bond acceptors (Lipinski definition) is 5. The molecule has 4 aromatic rings. The van der Waals surface area contributed by atoms with Gasteiger partial charge in [0.1, 0.15) is 0 Å². The Morgan fingerprint density at radius 2 is 1.52 bits per heavy atom. The molecule has 29 heavy (non-hydrogen) atoms. The summed E-state index contributed by atoms with van der Waals surface area (Å²) in [6.45, 7) is 0. The van der Waals surface area contributed by atoms with E-state index >= 15 is 0 Å². The van der Waals surface area contributed by atoms with E-state index in [1.54, 1.807) is 18.2 Å². The van der Waals surface area contributed by atoms with Crippen LogP contribution in [-0.4, -0.2) is 18.4 Å². The number of aromatic nitrogens is 2. The number of halogens is 1. The Balaban J connectivity index is 1.79. The number of fused-ring (bicyclic) bond motifs is 5. The zero-order chi connectivity index (χ0) is 20.0. The molecule has 0 amide bonds. The second-order valence-corrected chi connectivity index (χ2v) is 8.82. The van der Waals surface area contributed by atoms with Crippen molar-refractivity contribution in [2.24, 2.45) is 0 Å². The highest BCUT2D eigenvalue weighted by Crippen LogP contribution is 2.32. The minimum absolute atomic E-state index is 0.122. The lowest BCUT2D eigenvalue weighted by Gasteiger charge is -2.14. The van der Waals surface area contributed by atoms with Gasteiger partial charge in [0.15, 0.2) is 11.6 Å². The predicted molar refractivity (Wildman–Crippen MR) is 114 cm³/mol. The molecule has 0 saturated heterocycles. The first-order valence-electron chi connectivity index (χ1n) is 8.92. The summed E-state index contributed by atoms with van der Waals surface area (Å²) < 4.78 is 28.6. The average molecular weight is 423 g/mol. The van der Waals surface area contributed by atoms with Crippen molar-refractivity contribution in [3.05, 3.63) is 82.9 Å². The maximum absolute atomic E-state index is 13.0. The van der Waals surface area contributed by atoms with Gasteiger partial charge in [-0.1, -0.05) is 41.9 Å². The zero-order valence-electron chi connectivity index (χ0n) is 15.1. The first kappa shape index (κ1) is 17.9. The molecule has 0 saturated carbocycles. The molecular weight excluding hydrogens is 408 g/mol. The molecule has 6 nitrogen and oxygen atoms in total. The Bertz CT molecular complexity index is 1370. The molecule has 144 valence electrons. The van der Waals surface area contributed by atoms with Crippen LogP contribution in [0.1, 0.15) is 11.1 Å². The van der Waals surface area contributed by atoms with Crippen molar-refractivity contribution in [3.63, 3.8) is 0 Å². The van der Waals surface area contributed by atoms with Crippen LogP contribution in [0.2, 0.25) is 5.02 Å². The number of sulfonamides is 1. The van der Waals surface area contributed by atoms with Gasteiger partial charge in [0.05, 0.1) is 15.9 Å². The van der Waals surface area contributed by atoms with Crippen LogP contribution in [0.3, 0.4) is 0 Å². The van der Waals surface area contributed by atoms with Crippen LogP contribution in [0.5, 0.6) is 0 Å². The molecule has 0 aliphatic carbocycles. The summed E-state index contributed by atoms with van der Waals surface area (Å²) in [6, 6.07) is 19.7. The van der Waals surface area contributed by atoms with E-state index in [-0.39, 0.29) is 10.7 Å². The highest BCUT2D eigenvalue weighted by molar-refractivity contribution is 7.92. The molecule has 0 atom stereocenters. The van der Waals surface area contributed by atoms with E-state index in [2.05, 4.69) is 20.0 Å². The third-order valence-corrected chi connectivity index (χ3v) is 6.49. The molecule has 0 unspecified atom stereocenters. The summed E-state index contributed by atoms with van der Waals surface area (Å²) in [5.41, 5.74) is 3.75. The van der Waals surface area contributed by atoms with Crippen LogP contribution in [0.15, 0.2) is 71.6 Å². The number of para-hydroxylation sites is 3. The van der Waals surface area contributed by atoms with Crippen LogP contribution in [0.25, 0.3) is 11.0 Å². The van der Waals surface area contributed by atoms with Crippen LogP contribution in [0, 0.1) is 0 Å². The maximum Gasteiger partial charge on any atom is 0.263 e. The normalized spacial score (nSPS) is 14.7. The minimum atomic E-state index is -3.87. The van der Waals surface area contributed by atoms with E-state index in [9.17, 15) is 8.42 Å². The highest BCUT2D eigenvalue weighted by Gasteiger charge is 2.22. The van der Waals surface area contributed by atoms with Crippen molar-refractivity contribution in [3.8, 4) is 0 Å². The monoisotopic (exact) mass is 422 g/mol. The van der Waals surface area contributed by atoms with Gasteiger partial charge in [-0.05, 0) is 47.5 Å². The van der Waals surface area contributed by atoms with E-state index in [1.807, 2.05) is 42.5 Å². The van der Waals surface area contributed by atoms with Crippen molar-refractivity contribution in [1.29, 1.82) is 0 Å². The first-order valence-corrected chi connectivity index (χ1v) is 10.8. The highest BCUT2D eigenvalue weighted by atomic mass is 35.5. The Morgan fingerprint density at radius 1 is 0.828 bits per heavy atom. The molecule has 0 fully saturated rings. The maximum atomic E-state index is 13.0. The first-order chi connectivity index (χ1) is 14.0. The van der Waals surface area contributed by atoms with Crippen molar-refractivity contribution < 1.29 is 8.42 Å². The fourth-order valence-electron chi connectivity index (χ4n) is 3.33. The number of benzene rings is 3. The second-order valence-electron chi connectivity index (χ2n) is 6.73. The summed E-state index contributed by atoms with van der Waals surface area (Å²) in [7, 11) is -3.87. The van der Waals surface area contributed by atoms with Crippen LogP contribution < -0.4 is 10.0 Å². The van der Waals surface area contributed by atoms with Gasteiger partial charge in [-0.15, -0.1) is 0 Å². The van der Waals surface area contributed by atoms with E-state index < -0.39 is 10.0 Å². The summed E-state index contributed by atoms with van der Waals surface area (Å²) in [5, 5.41) is 3.76. The Morgan fingerprint density at radius 3 is 2.31 bits per heavy atom. The average Bonchev–Trinajstić information content (AvgIpc) is 2.71. The molecule has 0 spiro atoms. The fraction of sp³-hybridized carbons (Fsp3) is 0.0476. The van der Waals surface area contributed by atoms with E-state index in [0.29, 0.717) is 28.3 Å².